The van der Waals surface area contributed by atoms with E-state index in [1.807, 2.05) is 0 Å². The van der Waals surface area contributed by atoms with E-state index in [2.05, 4.69) is 135 Å². The molecule has 77 heavy (non-hydrogen) atoms. The fourth-order valence-corrected chi connectivity index (χ4v) is 9.04. The van der Waals surface area contributed by atoms with Crippen LogP contribution < -0.4 is 5.73 Å². The standard InChI is InChI=1S/C67H114NO8P/c1-3-5-7-9-11-13-15-17-19-21-23-25-26-27-28-29-30-31-32-33-34-35-36-37-38-40-42-44-46-48-50-52-54-56-58-60-67(70)76-65(64-75-77(71,72)74-62-61-68)63-73-66(69)59-57-55-53-51-49-47-45-43-41-39-24-22-20-18-16-14-12-10-8-6-4-2/h5,7,11,13,16-19,22-25,27-28,30-31,33-34,36-37,65H,3-4,6,8-10,12,14-15,20-21,26,29,32,35,38-64,68H2,1-2H3,(H,71,72)/b7-5-,13-11-,18-16-,19-17-,24-22-,25-23-,28-27-,31-30-,34-33-,37-36-. The molecule has 0 rings (SSSR count). The van der Waals surface area contributed by atoms with Crippen LogP contribution in [0.4, 0.5) is 0 Å². The molecule has 3 N–H and O–H groups in total. The average Bonchev–Trinajstić information content (AvgIpc) is 3.42. The lowest BCUT2D eigenvalue weighted by Crippen LogP contribution is -2.29. The molecule has 0 spiro atoms. The number of unbranched alkanes of at least 4 members (excludes halogenated alkanes) is 24. The van der Waals surface area contributed by atoms with Gasteiger partial charge in [-0.1, -0.05) is 257 Å². The number of phosphoric ester groups is 1. The van der Waals surface area contributed by atoms with Gasteiger partial charge in [-0.2, -0.15) is 0 Å². The Morgan fingerprint density at radius 1 is 0.403 bits per heavy atom. The summed E-state index contributed by atoms with van der Waals surface area (Å²) in [4.78, 5) is 35.2. The first-order valence-corrected chi connectivity index (χ1v) is 32.5. The summed E-state index contributed by atoms with van der Waals surface area (Å²) in [6.07, 6.45) is 85.4. The van der Waals surface area contributed by atoms with Crippen molar-refractivity contribution < 1.29 is 37.6 Å². The zero-order valence-electron chi connectivity index (χ0n) is 49.2. The minimum absolute atomic E-state index is 0.0468. The third kappa shape index (κ3) is 61.5. The highest BCUT2D eigenvalue weighted by atomic mass is 31.2. The second-order valence-electron chi connectivity index (χ2n) is 20.2. The molecule has 0 fully saturated rings. The van der Waals surface area contributed by atoms with Crippen LogP contribution in [-0.4, -0.2) is 49.3 Å². The molecule has 0 aromatic carbocycles. The second kappa shape index (κ2) is 61.6. The van der Waals surface area contributed by atoms with Gasteiger partial charge in [0.05, 0.1) is 13.2 Å². The predicted octanol–water partition coefficient (Wildman–Crippen LogP) is 20.0. The Morgan fingerprint density at radius 3 is 1.06 bits per heavy atom. The monoisotopic (exact) mass is 1090 g/mol. The van der Waals surface area contributed by atoms with Crippen LogP contribution in [0.5, 0.6) is 0 Å². The first kappa shape index (κ1) is 73.4. The van der Waals surface area contributed by atoms with Gasteiger partial charge in [-0.25, -0.2) is 4.57 Å². The minimum atomic E-state index is -4.40. The zero-order valence-corrected chi connectivity index (χ0v) is 50.0. The van der Waals surface area contributed by atoms with E-state index in [0.29, 0.717) is 6.42 Å². The van der Waals surface area contributed by atoms with E-state index < -0.39 is 26.5 Å². The summed E-state index contributed by atoms with van der Waals surface area (Å²) in [5.74, 6) is -0.840. The highest BCUT2D eigenvalue weighted by Crippen LogP contribution is 2.43. The van der Waals surface area contributed by atoms with Crippen LogP contribution in [0.1, 0.15) is 258 Å². The molecular formula is C67H114NO8P. The van der Waals surface area contributed by atoms with Crippen LogP contribution in [0, 0.1) is 0 Å². The Hall–Kier alpha value is -3.59. The number of hydrogen-bond donors (Lipinski definition) is 2. The molecule has 0 bridgehead atoms. The van der Waals surface area contributed by atoms with E-state index >= 15 is 0 Å². The Morgan fingerprint density at radius 2 is 0.714 bits per heavy atom. The Bertz CT molecular complexity index is 1670. The number of hydrogen-bond acceptors (Lipinski definition) is 8. The molecule has 0 saturated carbocycles. The molecule has 2 unspecified atom stereocenters. The van der Waals surface area contributed by atoms with Gasteiger partial charge in [0.1, 0.15) is 6.61 Å². The molecule has 9 nitrogen and oxygen atoms in total. The SMILES string of the molecule is CC/C=C\C/C=C\C/C=C\C/C=C\C/C=C\C/C=C\C/C=C\C/C=C\CCCCCCCCCCCCC(=O)OC(COC(=O)CCCCCCCCCCC/C=C\C/C=C\CCCCCCC)COP(=O)(O)OCCN. The zero-order chi connectivity index (χ0) is 55.9. The van der Waals surface area contributed by atoms with E-state index in [4.69, 9.17) is 24.3 Å². The summed E-state index contributed by atoms with van der Waals surface area (Å²) in [5, 5.41) is 0. The van der Waals surface area contributed by atoms with E-state index in [-0.39, 0.29) is 38.6 Å². The maximum Gasteiger partial charge on any atom is 0.472 e. The van der Waals surface area contributed by atoms with Gasteiger partial charge in [-0.05, 0) is 109 Å². The van der Waals surface area contributed by atoms with Crippen LogP contribution in [0.25, 0.3) is 0 Å². The summed E-state index contributed by atoms with van der Waals surface area (Å²) < 4.78 is 33.1. The topological polar surface area (TPSA) is 134 Å². The van der Waals surface area contributed by atoms with Crippen molar-refractivity contribution in [2.75, 3.05) is 26.4 Å². The van der Waals surface area contributed by atoms with E-state index in [9.17, 15) is 19.0 Å². The number of nitrogens with two attached hydrogens (primary N) is 1. The number of phosphoric acid groups is 1. The van der Waals surface area contributed by atoms with Gasteiger partial charge < -0.3 is 20.1 Å². The Kier molecular flexibility index (Phi) is 58.7. The van der Waals surface area contributed by atoms with Crippen LogP contribution in [0.3, 0.4) is 0 Å². The van der Waals surface area contributed by atoms with E-state index in [1.54, 1.807) is 0 Å². The van der Waals surface area contributed by atoms with Gasteiger partial charge in [0, 0.05) is 19.4 Å². The summed E-state index contributed by atoms with van der Waals surface area (Å²) in [6.45, 7) is 3.61. The minimum Gasteiger partial charge on any atom is -0.462 e. The maximum absolute atomic E-state index is 12.7. The van der Waals surface area contributed by atoms with Gasteiger partial charge in [-0.3, -0.25) is 18.6 Å². The number of esters is 2. The lowest BCUT2D eigenvalue weighted by atomic mass is 10.0. The van der Waals surface area contributed by atoms with Gasteiger partial charge in [-0.15, -0.1) is 0 Å². The smallest absolute Gasteiger partial charge is 0.462 e. The molecule has 0 aliphatic heterocycles. The third-order valence-electron chi connectivity index (χ3n) is 12.8. The number of carbonyl (C=O) groups is 2. The molecule has 10 heteroatoms. The summed E-state index contributed by atoms with van der Waals surface area (Å²) in [7, 11) is -4.40. The van der Waals surface area contributed by atoms with Crippen molar-refractivity contribution in [2.24, 2.45) is 5.73 Å². The first-order chi connectivity index (χ1) is 37.8. The van der Waals surface area contributed by atoms with Gasteiger partial charge in [0.2, 0.25) is 0 Å². The molecule has 0 saturated heterocycles. The van der Waals surface area contributed by atoms with Gasteiger partial charge in [0.15, 0.2) is 6.10 Å². The van der Waals surface area contributed by atoms with Crippen molar-refractivity contribution in [3.8, 4) is 0 Å². The Balaban J connectivity index is 3.99. The van der Waals surface area contributed by atoms with Crippen LogP contribution in [0.15, 0.2) is 122 Å². The number of allylic oxidation sites excluding steroid dienone is 20. The largest absolute Gasteiger partial charge is 0.472 e. The van der Waals surface area contributed by atoms with E-state index in [1.165, 1.54) is 109 Å². The number of ether oxygens (including phenoxy) is 2. The van der Waals surface area contributed by atoms with Crippen molar-refractivity contribution in [1.82, 2.24) is 0 Å². The average molecular weight is 1090 g/mol. The Labute approximate surface area is 472 Å². The van der Waals surface area contributed by atoms with Crippen LogP contribution in [-0.2, 0) is 32.7 Å². The normalized spacial score (nSPS) is 13.9. The molecule has 0 radical (unpaired) electrons. The molecule has 0 heterocycles. The number of rotatable bonds is 57. The third-order valence-corrected chi connectivity index (χ3v) is 13.8. The second-order valence-corrected chi connectivity index (χ2v) is 21.6. The van der Waals surface area contributed by atoms with Crippen LogP contribution in [0.2, 0.25) is 0 Å². The molecule has 0 aromatic heterocycles. The molecule has 0 aliphatic rings. The molecule has 440 valence electrons. The lowest BCUT2D eigenvalue weighted by Gasteiger charge is -2.19. The van der Waals surface area contributed by atoms with Crippen molar-refractivity contribution in [3.63, 3.8) is 0 Å². The van der Waals surface area contributed by atoms with Crippen molar-refractivity contribution in [2.45, 2.75) is 264 Å². The molecule has 0 aliphatic carbocycles. The van der Waals surface area contributed by atoms with Crippen molar-refractivity contribution >= 4 is 19.8 Å². The quantitative estimate of drug-likeness (QED) is 0.0264. The van der Waals surface area contributed by atoms with Gasteiger partial charge >= 0.3 is 19.8 Å². The summed E-state index contributed by atoms with van der Waals surface area (Å²) in [5.41, 5.74) is 5.39. The predicted molar refractivity (Wildman–Crippen MR) is 330 cm³/mol. The van der Waals surface area contributed by atoms with Crippen molar-refractivity contribution in [1.29, 1.82) is 0 Å². The van der Waals surface area contributed by atoms with Crippen LogP contribution >= 0.6 is 7.82 Å². The molecular weight excluding hydrogens is 978 g/mol. The highest BCUT2D eigenvalue weighted by molar-refractivity contribution is 7.47. The summed E-state index contributed by atoms with van der Waals surface area (Å²) in [6, 6.07) is 0. The highest BCUT2D eigenvalue weighted by Gasteiger charge is 2.26. The van der Waals surface area contributed by atoms with Gasteiger partial charge in [0.25, 0.3) is 0 Å². The summed E-state index contributed by atoms with van der Waals surface area (Å²) >= 11 is 0. The number of carbonyl (C=O) groups excluding carboxylic acids is 2. The van der Waals surface area contributed by atoms with Crippen molar-refractivity contribution in [3.05, 3.63) is 122 Å². The first-order valence-electron chi connectivity index (χ1n) is 31.0. The molecule has 0 aromatic rings. The van der Waals surface area contributed by atoms with E-state index in [0.717, 1.165) is 116 Å². The molecule has 0 amide bonds. The fraction of sp³-hybridized carbons (Fsp3) is 0.672. The maximum atomic E-state index is 12.7. The fourth-order valence-electron chi connectivity index (χ4n) is 8.27. The molecule has 2 atom stereocenters. The lowest BCUT2D eigenvalue weighted by molar-refractivity contribution is -0.161.